The van der Waals surface area contributed by atoms with Crippen molar-refractivity contribution < 1.29 is 4.79 Å². The van der Waals surface area contributed by atoms with E-state index in [1.165, 1.54) is 11.5 Å². The van der Waals surface area contributed by atoms with E-state index in [-0.39, 0.29) is 5.91 Å². The second kappa shape index (κ2) is 5.33. The normalized spacial score (nSPS) is 10.8. The van der Waals surface area contributed by atoms with Gasteiger partial charge in [-0.05, 0) is 24.5 Å². The van der Waals surface area contributed by atoms with Gasteiger partial charge in [-0.15, -0.1) is 5.10 Å². The maximum absolute atomic E-state index is 12.0. The largest absolute Gasteiger partial charge is 0.346 e. The van der Waals surface area contributed by atoms with Crippen LogP contribution in [0.1, 0.15) is 23.0 Å². The van der Waals surface area contributed by atoms with Gasteiger partial charge in [0.25, 0.3) is 5.91 Å². The molecule has 3 aromatic rings. The number of carbonyl (C=O) groups excluding carboxylic acids is 1. The smallest absolute Gasteiger partial charge is 0.253 e. The number of hydrogen-bond acceptors (Lipinski definition) is 6. The molecule has 0 atom stereocenters. The molecule has 3 heterocycles. The number of nitrogens with zero attached hydrogens (tertiary/aromatic N) is 5. The first-order chi connectivity index (χ1) is 9.78. The summed E-state index contributed by atoms with van der Waals surface area (Å²) in [6.07, 6.45) is 3.28. The number of nitrogens with one attached hydrogen (secondary N) is 1. The van der Waals surface area contributed by atoms with E-state index in [4.69, 9.17) is 0 Å². The van der Waals surface area contributed by atoms with Crippen molar-refractivity contribution in [2.45, 2.75) is 20.0 Å². The Kier molecular flexibility index (Phi) is 3.38. The molecule has 0 unspecified atom stereocenters. The highest BCUT2D eigenvalue weighted by Gasteiger charge is 2.10. The first-order valence-electron chi connectivity index (χ1n) is 6.13. The summed E-state index contributed by atoms with van der Waals surface area (Å²) in [5, 5.41) is 13.5. The summed E-state index contributed by atoms with van der Waals surface area (Å²) in [5.74, 6) is -0.184. The fourth-order valence-electron chi connectivity index (χ4n) is 1.86. The zero-order valence-electron chi connectivity index (χ0n) is 10.8. The SMILES string of the molecule is CCn1ncc2cc(C(=O)NCc3csnn3)cnc21. The fourth-order valence-corrected chi connectivity index (χ4v) is 2.31. The number of amides is 1. The Balaban J connectivity index is 1.77. The minimum Gasteiger partial charge on any atom is -0.346 e. The zero-order chi connectivity index (χ0) is 13.9. The molecule has 7 nitrogen and oxygen atoms in total. The number of aryl methyl sites for hydroxylation is 1. The molecule has 0 aliphatic rings. The Labute approximate surface area is 118 Å². The predicted molar refractivity (Wildman–Crippen MR) is 74.3 cm³/mol. The lowest BCUT2D eigenvalue weighted by Crippen LogP contribution is -2.23. The van der Waals surface area contributed by atoms with Crippen molar-refractivity contribution in [2.24, 2.45) is 0 Å². The summed E-state index contributed by atoms with van der Waals surface area (Å²) in [7, 11) is 0. The van der Waals surface area contributed by atoms with Gasteiger partial charge in [-0.25, -0.2) is 9.67 Å². The van der Waals surface area contributed by atoms with E-state index in [0.29, 0.717) is 12.1 Å². The molecule has 8 heteroatoms. The van der Waals surface area contributed by atoms with E-state index in [2.05, 4.69) is 25.0 Å². The summed E-state index contributed by atoms with van der Waals surface area (Å²) in [6.45, 7) is 3.11. The summed E-state index contributed by atoms with van der Waals surface area (Å²) in [5.41, 5.74) is 2.04. The van der Waals surface area contributed by atoms with E-state index in [1.807, 2.05) is 6.92 Å². The van der Waals surface area contributed by atoms with Crippen LogP contribution in [0.3, 0.4) is 0 Å². The van der Waals surface area contributed by atoms with Crippen LogP contribution in [0.5, 0.6) is 0 Å². The Hall–Kier alpha value is -2.35. The monoisotopic (exact) mass is 288 g/mol. The van der Waals surface area contributed by atoms with E-state index < -0.39 is 0 Å². The van der Waals surface area contributed by atoms with Crippen LogP contribution in [0.2, 0.25) is 0 Å². The topological polar surface area (TPSA) is 85.6 Å². The maximum atomic E-state index is 12.0. The van der Waals surface area contributed by atoms with Crippen molar-refractivity contribution in [2.75, 3.05) is 0 Å². The van der Waals surface area contributed by atoms with Crippen molar-refractivity contribution in [3.05, 3.63) is 35.1 Å². The summed E-state index contributed by atoms with van der Waals surface area (Å²) in [6, 6.07) is 1.79. The highest BCUT2D eigenvalue weighted by molar-refractivity contribution is 7.03. The Morgan fingerprint density at radius 1 is 1.45 bits per heavy atom. The van der Waals surface area contributed by atoms with E-state index in [0.717, 1.165) is 23.3 Å². The molecule has 0 saturated heterocycles. The number of fused-ring (bicyclic) bond motifs is 1. The number of hydrogen-bond donors (Lipinski definition) is 1. The number of carbonyl (C=O) groups is 1. The third kappa shape index (κ3) is 2.37. The molecule has 0 spiro atoms. The van der Waals surface area contributed by atoms with Crippen molar-refractivity contribution in [1.29, 1.82) is 0 Å². The molecule has 0 aliphatic carbocycles. The lowest BCUT2D eigenvalue weighted by atomic mass is 10.2. The van der Waals surface area contributed by atoms with Crippen LogP contribution in [0.15, 0.2) is 23.8 Å². The van der Waals surface area contributed by atoms with E-state index in [1.54, 1.807) is 28.5 Å². The summed E-state index contributed by atoms with van der Waals surface area (Å²) in [4.78, 5) is 16.3. The van der Waals surface area contributed by atoms with Crippen LogP contribution in [0.4, 0.5) is 0 Å². The molecule has 0 bridgehead atoms. The number of rotatable bonds is 4. The lowest BCUT2D eigenvalue weighted by Gasteiger charge is -2.03. The third-order valence-electron chi connectivity index (χ3n) is 2.87. The standard InChI is InChI=1S/C12H12N6OS/c1-2-18-11-8(5-15-18)3-9(4-13-11)12(19)14-6-10-7-20-17-16-10/h3-5,7H,2,6H2,1H3,(H,14,19). The molecular formula is C12H12N6OS. The van der Waals surface area contributed by atoms with Crippen molar-refractivity contribution in [3.63, 3.8) is 0 Å². The van der Waals surface area contributed by atoms with Gasteiger partial charge in [0.1, 0.15) is 0 Å². The van der Waals surface area contributed by atoms with Gasteiger partial charge in [0.05, 0.1) is 24.0 Å². The highest BCUT2D eigenvalue weighted by Crippen LogP contribution is 2.12. The summed E-state index contributed by atoms with van der Waals surface area (Å²) >= 11 is 1.26. The van der Waals surface area contributed by atoms with Crippen LogP contribution in [0, 0.1) is 0 Å². The van der Waals surface area contributed by atoms with Gasteiger partial charge in [0.2, 0.25) is 0 Å². The molecule has 0 aliphatic heterocycles. The molecular weight excluding hydrogens is 276 g/mol. The van der Waals surface area contributed by atoms with Gasteiger partial charge >= 0.3 is 0 Å². The van der Waals surface area contributed by atoms with Crippen molar-refractivity contribution in [3.8, 4) is 0 Å². The van der Waals surface area contributed by atoms with Gasteiger partial charge in [0.15, 0.2) is 5.65 Å². The van der Waals surface area contributed by atoms with E-state index >= 15 is 0 Å². The van der Waals surface area contributed by atoms with Crippen LogP contribution >= 0.6 is 11.5 Å². The Bertz CT molecular complexity index is 736. The molecule has 20 heavy (non-hydrogen) atoms. The van der Waals surface area contributed by atoms with Crippen LogP contribution in [-0.2, 0) is 13.1 Å². The number of pyridine rings is 1. The Morgan fingerprint density at radius 2 is 2.35 bits per heavy atom. The Morgan fingerprint density at radius 3 is 3.10 bits per heavy atom. The maximum Gasteiger partial charge on any atom is 0.253 e. The van der Waals surface area contributed by atoms with Crippen molar-refractivity contribution in [1.82, 2.24) is 29.7 Å². The zero-order valence-corrected chi connectivity index (χ0v) is 11.6. The van der Waals surface area contributed by atoms with Gasteiger partial charge in [-0.1, -0.05) is 4.49 Å². The minimum atomic E-state index is -0.184. The second-order valence-corrected chi connectivity index (χ2v) is 4.79. The first kappa shape index (κ1) is 12.7. The third-order valence-corrected chi connectivity index (χ3v) is 3.43. The molecule has 102 valence electrons. The van der Waals surface area contributed by atoms with Gasteiger partial charge < -0.3 is 5.32 Å². The van der Waals surface area contributed by atoms with Gasteiger partial charge in [-0.3, -0.25) is 4.79 Å². The van der Waals surface area contributed by atoms with Crippen LogP contribution < -0.4 is 5.32 Å². The highest BCUT2D eigenvalue weighted by atomic mass is 32.1. The van der Waals surface area contributed by atoms with Gasteiger partial charge in [-0.2, -0.15) is 5.10 Å². The quantitative estimate of drug-likeness (QED) is 0.780. The average molecular weight is 288 g/mol. The molecule has 3 rings (SSSR count). The lowest BCUT2D eigenvalue weighted by molar-refractivity contribution is 0.0950. The summed E-state index contributed by atoms with van der Waals surface area (Å²) < 4.78 is 5.53. The molecule has 0 radical (unpaired) electrons. The molecule has 1 amide bonds. The minimum absolute atomic E-state index is 0.184. The molecule has 0 fully saturated rings. The predicted octanol–water partition coefficient (Wildman–Crippen LogP) is 1.23. The molecule has 3 aromatic heterocycles. The molecule has 0 aromatic carbocycles. The number of aromatic nitrogens is 5. The van der Waals surface area contributed by atoms with E-state index in [9.17, 15) is 4.79 Å². The average Bonchev–Trinajstić information content (AvgIpc) is 3.13. The first-order valence-corrected chi connectivity index (χ1v) is 6.97. The van der Waals surface area contributed by atoms with Crippen LogP contribution in [0.25, 0.3) is 11.0 Å². The van der Waals surface area contributed by atoms with Crippen LogP contribution in [-0.4, -0.2) is 30.3 Å². The van der Waals surface area contributed by atoms with Crippen molar-refractivity contribution >= 4 is 28.5 Å². The van der Waals surface area contributed by atoms with Gasteiger partial charge in [0, 0.05) is 23.5 Å². The molecule has 0 saturated carbocycles. The second-order valence-electron chi connectivity index (χ2n) is 4.18. The fraction of sp³-hybridized carbons (Fsp3) is 0.250. The molecule has 1 N–H and O–H groups in total.